The number of aromatic amines is 1. The van der Waals surface area contributed by atoms with Crippen molar-refractivity contribution in [1.82, 2.24) is 9.88 Å². The number of imide groups is 1. The Morgan fingerprint density at radius 2 is 1.78 bits per heavy atom. The fraction of sp³-hybridized carbons (Fsp3) is 0.208. The number of nitrogens with zero attached hydrogens (tertiary/aromatic N) is 1. The summed E-state index contributed by atoms with van der Waals surface area (Å²) >= 11 is 1.95. The molecule has 2 aliphatic rings. The first kappa shape index (κ1) is 24.6. The normalized spacial score (nSPS) is 20.3. The third-order valence-electron chi connectivity index (χ3n) is 5.97. The van der Waals surface area contributed by atoms with E-state index in [-0.39, 0.29) is 23.0 Å². The van der Waals surface area contributed by atoms with E-state index in [1.807, 2.05) is 0 Å². The number of para-hydroxylation sites is 1. The topological polar surface area (TPSA) is 166 Å². The van der Waals surface area contributed by atoms with Crippen LogP contribution in [0, 0.1) is 5.92 Å². The SMILES string of the molecule is O=C(O)CN1C(=O)[C@@H]2[C@H](c3ccccc3OCC(=O)Nc3ccc(O)cc3)c3sc(=O)[nH]c3S[C@@H]2C1=O. The molecule has 0 unspecified atom stereocenters. The maximum atomic E-state index is 13.3. The molecule has 190 valence electrons. The van der Waals surface area contributed by atoms with Crippen molar-refractivity contribution in [3.8, 4) is 11.5 Å². The number of carboxylic acids is 1. The lowest BCUT2D eigenvalue weighted by Crippen LogP contribution is -2.36. The molecule has 2 aliphatic heterocycles. The number of carboxylic acid groups (broad SMARTS) is 1. The van der Waals surface area contributed by atoms with E-state index < -0.39 is 47.3 Å². The Morgan fingerprint density at radius 1 is 1.05 bits per heavy atom. The molecule has 0 aliphatic carbocycles. The zero-order valence-corrected chi connectivity index (χ0v) is 20.5. The van der Waals surface area contributed by atoms with Crippen LogP contribution in [0.4, 0.5) is 5.69 Å². The molecule has 0 bridgehead atoms. The van der Waals surface area contributed by atoms with Crippen LogP contribution in [0.2, 0.25) is 0 Å². The minimum absolute atomic E-state index is 0.0559. The van der Waals surface area contributed by atoms with Gasteiger partial charge in [0.2, 0.25) is 11.8 Å². The maximum Gasteiger partial charge on any atom is 0.323 e. The Labute approximate surface area is 217 Å². The largest absolute Gasteiger partial charge is 0.508 e. The summed E-state index contributed by atoms with van der Waals surface area (Å²) in [5.41, 5.74) is 0.951. The van der Waals surface area contributed by atoms with Gasteiger partial charge in [0.15, 0.2) is 6.61 Å². The monoisotopic (exact) mass is 541 g/mol. The minimum atomic E-state index is -1.31. The molecule has 2 aromatic carbocycles. The molecule has 1 fully saturated rings. The van der Waals surface area contributed by atoms with Gasteiger partial charge < -0.3 is 25.3 Å². The number of rotatable bonds is 7. The van der Waals surface area contributed by atoms with Crippen molar-refractivity contribution in [2.24, 2.45) is 5.92 Å². The van der Waals surface area contributed by atoms with Gasteiger partial charge in [0.05, 0.1) is 10.9 Å². The number of hydrogen-bond acceptors (Lipinski definition) is 9. The minimum Gasteiger partial charge on any atom is -0.508 e. The average Bonchev–Trinajstić information content (AvgIpc) is 3.35. The highest BCUT2D eigenvalue weighted by atomic mass is 32.2. The number of phenols is 1. The predicted octanol–water partition coefficient (Wildman–Crippen LogP) is 1.84. The number of H-pyrrole nitrogens is 1. The maximum absolute atomic E-state index is 13.3. The Kier molecular flexibility index (Phi) is 6.48. The van der Waals surface area contributed by atoms with E-state index in [4.69, 9.17) is 4.74 Å². The molecule has 13 heteroatoms. The molecule has 3 heterocycles. The molecule has 0 saturated carbocycles. The lowest BCUT2D eigenvalue weighted by atomic mass is 9.82. The average molecular weight is 542 g/mol. The molecular formula is C24H19N3O8S2. The fourth-order valence-corrected chi connectivity index (χ4v) is 6.98. The van der Waals surface area contributed by atoms with E-state index in [1.165, 1.54) is 24.3 Å². The number of carbonyl (C=O) groups is 4. The quantitative estimate of drug-likeness (QED) is 0.258. The van der Waals surface area contributed by atoms with Crippen LogP contribution in [0.25, 0.3) is 0 Å². The van der Waals surface area contributed by atoms with E-state index >= 15 is 0 Å². The first-order valence-electron chi connectivity index (χ1n) is 11.0. The lowest BCUT2D eigenvalue weighted by molar-refractivity contribution is -0.149. The Hall–Kier alpha value is -4.10. The first-order valence-corrected chi connectivity index (χ1v) is 12.7. The number of carbonyl (C=O) groups excluding carboxylic acids is 3. The number of aliphatic carboxylic acids is 1. The van der Waals surface area contributed by atoms with Crippen LogP contribution in [0.5, 0.6) is 11.5 Å². The molecule has 0 spiro atoms. The lowest BCUT2D eigenvalue weighted by Gasteiger charge is -2.30. The Bertz CT molecular complexity index is 1470. The predicted molar refractivity (Wildman–Crippen MR) is 133 cm³/mol. The van der Waals surface area contributed by atoms with Crippen molar-refractivity contribution < 1.29 is 34.1 Å². The van der Waals surface area contributed by atoms with Crippen LogP contribution in [0.3, 0.4) is 0 Å². The summed E-state index contributed by atoms with van der Waals surface area (Å²) in [6.07, 6.45) is 0. The van der Waals surface area contributed by atoms with Gasteiger partial charge in [-0.1, -0.05) is 41.3 Å². The van der Waals surface area contributed by atoms with Gasteiger partial charge in [0.25, 0.3) is 5.91 Å². The van der Waals surface area contributed by atoms with Crippen LogP contribution < -0.4 is 14.9 Å². The van der Waals surface area contributed by atoms with Gasteiger partial charge in [-0.05, 0) is 30.3 Å². The smallest absolute Gasteiger partial charge is 0.323 e. The van der Waals surface area contributed by atoms with Crippen LogP contribution in [0.1, 0.15) is 16.4 Å². The number of nitrogens with one attached hydrogen (secondary N) is 2. The Balaban J connectivity index is 1.46. The van der Waals surface area contributed by atoms with Gasteiger partial charge >= 0.3 is 10.8 Å². The number of aromatic hydroxyl groups is 1. The molecule has 5 rings (SSSR count). The fourth-order valence-electron chi connectivity index (χ4n) is 4.45. The summed E-state index contributed by atoms with van der Waals surface area (Å²) in [7, 11) is 0. The molecule has 37 heavy (non-hydrogen) atoms. The number of benzene rings is 2. The molecule has 1 aromatic heterocycles. The zero-order valence-electron chi connectivity index (χ0n) is 18.9. The summed E-state index contributed by atoms with van der Waals surface area (Å²) in [5.74, 6) is -4.43. The second-order valence-corrected chi connectivity index (χ2v) is 10.5. The van der Waals surface area contributed by atoms with Gasteiger partial charge in [0.1, 0.15) is 23.3 Å². The highest BCUT2D eigenvalue weighted by Gasteiger charge is 2.56. The molecule has 3 amide bonds. The van der Waals surface area contributed by atoms with Crippen LogP contribution >= 0.6 is 23.1 Å². The second kappa shape index (κ2) is 9.75. The number of phenolic OH excluding ortho intramolecular Hbond substituents is 1. The molecule has 0 radical (unpaired) electrons. The molecule has 4 N–H and O–H groups in total. The summed E-state index contributed by atoms with van der Waals surface area (Å²) in [6.45, 7) is -1.13. The van der Waals surface area contributed by atoms with Gasteiger partial charge in [-0.15, -0.1) is 0 Å². The molecule has 3 aromatic rings. The van der Waals surface area contributed by atoms with Crippen molar-refractivity contribution >= 4 is 52.5 Å². The van der Waals surface area contributed by atoms with Crippen molar-refractivity contribution in [1.29, 1.82) is 0 Å². The van der Waals surface area contributed by atoms with Gasteiger partial charge in [-0.25, -0.2) is 0 Å². The van der Waals surface area contributed by atoms with Crippen LogP contribution in [-0.2, 0) is 19.2 Å². The number of ether oxygens (including phenoxy) is 1. The Morgan fingerprint density at radius 3 is 2.51 bits per heavy atom. The van der Waals surface area contributed by atoms with E-state index in [0.29, 0.717) is 21.2 Å². The summed E-state index contributed by atoms with van der Waals surface area (Å²) in [4.78, 5) is 65.9. The standard InChI is InChI=1S/C24H19N3O8S2/c28-12-7-5-11(6-8-12)25-15(29)10-35-14-4-2-1-3-13(14)17-18-20(36-21-19(17)37-24(34)26-21)23(33)27(22(18)32)9-16(30)31/h1-8,17-18,20,28H,9-10H2,(H,25,29)(H,26,34)(H,30,31)/t17-,18+,20-/m0/s1. The van der Waals surface area contributed by atoms with Crippen LogP contribution in [0.15, 0.2) is 58.4 Å². The molecular weight excluding hydrogens is 522 g/mol. The van der Waals surface area contributed by atoms with Crippen LogP contribution in [-0.4, -0.2) is 62.2 Å². The van der Waals surface area contributed by atoms with Gasteiger partial charge in [-0.2, -0.15) is 0 Å². The molecule has 3 atom stereocenters. The second-order valence-electron chi connectivity index (χ2n) is 8.33. The third-order valence-corrected chi connectivity index (χ3v) is 8.37. The zero-order chi connectivity index (χ0) is 26.3. The summed E-state index contributed by atoms with van der Waals surface area (Å²) in [5, 5.41) is 20.8. The highest BCUT2D eigenvalue weighted by Crippen LogP contribution is 2.53. The van der Waals surface area contributed by atoms with E-state index in [9.17, 15) is 34.2 Å². The van der Waals surface area contributed by atoms with Crippen molar-refractivity contribution in [3.63, 3.8) is 0 Å². The van der Waals surface area contributed by atoms with Crippen molar-refractivity contribution in [2.45, 2.75) is 16.2 Å². The number of thioether (sulfide) groups is 1. The number of likely N-dealkylation sites (tertiary alicyclic amines) is 1. The highest BCUT2D eigenvalue weighted by molar-refractivity contribution is 8.00. The molecule has 11 nitrogen and oxygen atoms in total. The molecule has 1 saturated heterocycles. The summed E-state index contributed by atoms with van der Waals surface area (Å²) < 4.78 is 5.82. The van der Waals surface area contributed by atoms with Gasteiger partial charge in [0, 0.05) is 22.0 Å². The number of fused-ring (bicyclic) bond motifs is 2. The van der Waals surface area contributed by atoms with E-state index in [0.717, 1.165) is 28.0 Å². The number of aromatic nitrogens is 1. The first-order chi connectivity index (χ1) is 17.7. The number of hydrogen-bond donors (Lipinski definition) is 4. The number of anilines is 1. The van der Waals surface area contributed by atoms with Crippen molar-refractivity contribution in [3.05, 3.63) is 68.6 Å². The van der Waals surface area contributed by atoms with E-state index in [1.54, 1.807) is 24.3 Å². The summed E-state index contributed by atoms with van der Waals surface area (Å²) in [6, 6.07) is 12.6. The third kappa shape index (κ3) is 4.70. The van der Waals surface area contributed by atoms with Crippen molar-refractivity contribution in [2.75, 3.05) is 18.5 Å². The number of thiazole rings is 1. The van der Waals surface area contributed by atoms with Gasteiger partial charge in [-0.3, -0.25) is 28.9 Å². The van der Waals surface area contributed by atoms with E-state index in [2.05, 4.69) is 10.3 Å². The number of amides is 3.